The van der Waals surface area contributed by atoms with Gasteiger partial charge in [-0.15, -0.1) is 0 Å². The maximum absolute atomic E-state index is 9.90. The predicted octanol–water partition coefficient (Wildman–Crippen LogP) is 2.99. The minimum absolute atomic E-state index is 0.715. The van der Waals surface area contributed by atoms with Crippen molar-refractivity contribution in [1.29, 1.82) is 5.26 Å². The van der Waals surface area contributed by atoms with Crippen LogP contribution in [0, 0.1) is 18.3 Å². The van der Waals surface area contributed by atoms with E-state index in [1.54, 1.807) is 0 Å². The Morgan fingerprint density at radius 2 is 1.84 bits per heavy atom. The fraction of sp³-hybridized carbons (Fsp3) is 0.440. The molecule has 4 heterocycles. The first-order valence-corrected chi connectivity index (χ1v) is 11.4. The number of rotatable bonds is 4. The zero-order valence-electron chi connectivity index (χ0n) is 18.9. The van der Waals surface area contributed by atoms with E-state index in [4.69, 9.17) is 9.72 Å². The maximum Gasteiger partial charge on any atom is 0.101 e. The van der Waals surface area contributed by atoms with Crippen LogP contribution in [0.25, 0.3) is 22.2 Å². The predicted molar refractivity (Wildman–Crippen MR) is 127 cm³/mol. The van der Waals surface area contributed by atoms with E-state index in [2.05, 4.69) is 57.1 Å². The van der Waals surface area contributed by atoms with Crippen LogP contribution in [0.5, 0.6) is 0 Å². The number of anilines is 1. The van der Waals surface area contributed by atoms with Crippen molar-refractivity contribution < 1.29 is 4.74 Å². The molecule has 0 unspecified atom stereocenters. The van der Waals surface area contributed by atoms with Gasteiger partial charge in [0.2, 0.25) is 0 Å². The number of aryl methyl sites for hydroxylation is 1. The molecule has 2 aromatic heterocycles. The number of morpholine rings is 1. The molecule has 0 amide bonds. The smallest absolute Gasteiger partial charge is 0.101 e. The molecule has 0 radical (unpaired) electrons. The summed E-state index contributed by atoms with van der Waals surface area (Å²) in [5.74, 6) is 0. The first-order chi connectivity index (χ1) is 15.6. The monoisotopic (exact) mass is 430 g/mol. The second kappa shape index (κ2) is 8.91. The van der Waals surface area contributed by atoms with Crippen molar-refractivity contribution in [2.24, 2.45) is 0 Å². The highest BCUT2D eigenvalue weighted by Crippen LogP contribution is 2.32. The number of aromatic amines is 1. The van der Waals surface area contributed by atoms with Crippen molar-refractivity contribution >= 4 is 16.6 Å². The number of fused-ring (bicyclic) bond motifs is 1. The average Bonchev–Trinajstić information content (AvgIpc) is 3.21. The summed E-state index contributed by atoms with van der Waals surface area (Å²) in [7, 11) is 2.14. The highest BCUT2D eigenvalue weighted by atomic mass is 16.5. The number of pyridine rings is 1. The number of likely N-dealkylation sites (N-methyl/N-ethyl adjacent to an activating group) is 1. The molecular weight excluding hydrogens is 400 g/mol. The molecule has 32 heavy (non-hydrogen) atoms. The molecule has 0 bridgehead atoms. The minimum Gasteiger partial charge on any atom is -0.379 e. The van der Waals surface area contributed by atoms with Crippen LogP contribution in [-0.4, -0.2) is 79.3 Å². The van der Waals surface area contributed by atoms with Crippen LogP contribution in [0.3, 0.4) is 0 Å². The number of nitrogens with one attached hydrogen (secondary N) is 1. The van der Waals surface area contributed by atoms with E-state index in [0.29, 0.717) is 5.56 Å². The minimum atomic E-state index is 0.715. The van der Waals surface area contributed by atoms with Crippen molar-refractivity contribution in [2.45, 2.75) is 13.5 Å². The summed E-state index contributed by atoms with van der Waals surface area (Å²) in [5, 5.41) is 11.0. The molecule has 2 saturated heterocycles. The lowest BCUT2D eigenvalue weighted by atomic mass is 10.0. The fourth-order valence-corrected chi connectivity index (χ4v) is 4.72. The van der Waals surface area contributed by atoms with Gasteiger partial charge in [-0.05, 0) is 38.2 Å². The number of nitriles is 1. The topological polar surface area (TPSA) is 71.4 Å². The molecule has 1 N–H and O–H groups in total. The number of H-pyrrole nitrogens is 1. The molecule has 3 aromatic rings. The van der Waals surface area contributed by atoms with E-state index in [1.807, 2.05) is 13.0 Å². The van der Waals surface area contributed by atoms with Crippen LogP contribution in [0.1, 0.15) is 17.0 Å². The van der Waals surface area contributed by atoms with Crippen molar-refractivity contribution in [1.82, 2.24) is 19.8 Å². The van der Waals surface area contributed by atoms with Gasteiger partial charge in [-0.1, -0.05) is 6.07 Å². The third-order valence-corrected chi connectivity index (χ3v) is 6.53. The quantitative estimate of drug-likeness (QED) is 0.686. The summed E-state index contributed by atoms with van der Waals surface area (Å²) < 4.78 is 5.48. The Hall–Kier alpha value is -2.92. The second-order valence-electron chi connectivity index (χ2n) is 8.89. The van der Waals surface area contributed by atoms with Crippen molar-refractivity contribution in [3.63, 3.8) is 0 Å². The highest BCUT2D eigenvalue weighted by Gasteiger charge is 2.19. The molecule has 0 atom stereocenters. The molecule has 7 nitrogen and oxygen atoms in total. The van der Waals surface area contributed by atoms with Crippen molar-refractivity contribution in [3.8, 4) is 17.3 Å². The summed E-state index contributed by atoms with van der Waals surface area (Å²) in [6, 6.07) is 13.0. The number of ether oxygens (including phenoxy) is 1. The number of hydrogen-bond acceptors (Lipinski definition) is 6. The summed E-state index contributed by atoms with van der Waals surface area (Å²) in [6.07, 6.45) is 0. The molecule has 2 aliphatic rings. The molecule has 7 heteroatoms. The Labute approximate surface area is 189 Å². The first-order valence-electron chi connectivity index (χ1n) is 11.4. The Balaban J connectivity index is 1.48. The molecule has 1 aromatic carbocycles. The molecule has 2 fully saturated rings. The zero-order chi connectivity index (χ0) is 22.1. The summed E-state index contributed by atoms with van der Waals surface area (Å²) >= 11 is 0. The summed E-state index contributed by atoms with van der Waals surface area (Å²) in [4.78, 5) is 15.5. The van der Waals surface area contributed by atoms with Crippen LogP contribution >= 0.6 is 0 Å². The first kappa shape index (κ1) is 21.0. The Kier molecular flexibility index (Phi) is 5.83. The van der Waals surface area contributed by atoms with E-state index < -0.39 is 0 Å². The van der Waals surface area contributed by atoms with E-state index in [1.165, 1.54) is 5.69 Å². The molecule has 166 valence electrons. The normalized spacial score (nSPS) is 18.2. The van der Waals surface area contributed by atoms with Crippen LogP contribution in [0.4, 0.5) is 5.69 Å². The fourth-order valence-electron chi connectivity index (χ4n) is 4.72. The number of aromatic nitrogens is 2. The summed E-state index contributed by atoms with van der Waals surface area (Å²) in [5.41, 5.74) is 6.91. The molecule has 5 rings (SSSR count). The number of nitrogens with zero attached hydrogens (tertiary/aromatic N) is 5. The molecule has 0 saturated carbocycles. The lowest BCUT2D eigenvalue weighted by Gasteiger charge is -2.34. The van der Waals surface area contributed by atoms with Crippen molar-refractivity contribution in [3.05, 3.63) is 47.3 Å². The molecule has 0 aliphatic carbocycles. The van der Waals surface area contributed by atoms with E-state index in [9.17, 15) is 5.26 Å². The van der Waals surface area contributed by atoms with Gasteiger partial charge in [-0.3, -0.25) is 9.88 Å². The van der Waals surface area contributed by atoms with Gasteiger partial charge in [0.15, 0.2) is 0 Å². The van der Waals surface area contributed by atoms with Crippen LogP contribution in [-0.2, 0) is 11.3 Å². The molecule has 0 spiro atoms. The second-order valence-corrected chi connectivity index (χ2v) is 8.89. The van der Waals surface area contributed by atoms with Gasteiger partial charge in [-0.2, -0.15) is 5.26 Å². The third-order valence-electron chi connectivity index (χ3n) is 6.53. The van der Waals surface area contributed by atoms with Crippen molar-refractivity contribution in [2.75, 3.05) is 64.4 Å². The van der Waals surface area contributed by atoms with E-state index >= 15 is 0 Å². The average molecular weight is 431 g/mol. The van der Waals surface area contributed by atoms with Gasteiger partial charge in [0.1, 0.15) is 6.07 Å². The van der Waals surface area contributed by atoms with Crippen LogP contribution in [0.15, 0.2) is 30.3 Å². The Morgan fingerprint density at radius 1 is 1.06 bits per heavy atom. The molecular formula is C25H30N6O. The zero-order valence-corrected chi connectivity index (χ0v) is 18.9. The van der Waals surface area contributed by atoms with Gasteiger partial charge in [-0.25, -0.2) is 0 Å². The summed E-state index contributed by atoms with van der Waals surface area (Å²) in [6.45, 7) is 10.3. The van der Waals surface area contributed by atoms with Crippen LogP contribution in [0.2, 0.25) is 0 Å². The number of benzene rings is 1. The number of hydrogen-bond donors (Lipinski definition) is 1. The van der Waals surface area contributed by atoms with Gasteiger partial charge in [0.05, 0.1) is 30.2 Å². The van der Waals surface area contributed by atoms with Gasteiger partial charge < -0.3 is 19.5 Å². The van der Waals surface area contributed by atoms with Gasteiger partial charge in [0.25, 0.3) is 0 Å². The van der Waals surface area contributed by atoms with Crippen LogP contribution < -0.4 is 4.90 Å². The Morgan fingerprint density at radius 3 is 2.59 bits per heavy atom. The third kappa shape index (κ3) is 4.22. The molecule has 2 aliphatic heterocycles. The van der Waals surface area contributed by atoms with Gasteiger partial charge >= 0.3 is 0 Å². The SMILES string of the molecule is Cc1cc2[nH]c(CN3CCOCC3)cc2c(-c2ccc(N3CCN(C)CC3)c(C#N)c2)n1. The Bertz CT molecular complexity index is 1150. The van der Waals surface area contributed by atoms with E-state index in [0.717, 1.165) is 92.6 Å². The standard InChI is InChI=1S/C25H30N6O/c1-18-13-23-22(15-21(28-23)17-30-9-11-32-12-10-30)25(27-18)19-3-4-24(20(14-19)16-26)31-7-5-29(2)6-8-31/h3-4,13-15,28H,5-12,17H2,1-2H3. The largest absolute Gasteiger partial charge is 0.379 e. The van der Waals surface area contributed by atoms with E-state index in [-0.39, 0.29) is 0 Å². The lowest BCUT2D eigenvalue weighted by Crippen LogP contribution is -2.44. The number of piperazine rings is 1. The highest BCUT2D eigenvalue weighted by molar-refractivity contribution is 5.94. The van der Waals surface area contributed by atoms with Gasteiger partial charge in [0, 0.05) is 73.7 Å². The lowest BCUT2D eigenvalue weighted by molar-refractivity contribution is 0.0337. The maximum atomic E-state index is 9.90.